The lowest BCUT2D eigenvalue weighted by Gasteiger charge is -1.94. The Labute approximate surface area is 70.4 Å². The van der Waals surface area contributed by atoms with Gasteiger partial charge in [-0.25, -0.2) is 4.68 Å². The highest BCUT2D eigenvalue weighted by Gasteiger charge is 2.05. The Balaban J connectivity index is 2.78. The maximum atomic E-state index is 11.8. The normalized spacial score (nSPS) is 10.8. The number of halogens is 3. The van der Waals surface area contributed by atoms with Crippen LogP contribution in [-0.2, 0) is 4.43 Å². The molecule has 0 fully saturated rings. The van der Waals surface area contributed by atoms with E-state index >= 15 is 0 Å². The summed E-state index contributed by atoms with van der Waals surface area (Å²) >= 11 is 2.09. The molecule has 0 amide bonds. The minimum absolute atomic E-state index is 0.647. The largest absolute Gasteiger partial charge is 0.333 e. The summed E-state index contributed by atoms with van der Waals surface area (Å²) in [5, 5.41) is 3.45. The standard InChI is InChI=1S/C5H5F2IN2/c6-5(7)10-3-4(1-8)2-9-10/h2-3,5H,1H2. The van der Waals surface area contributed by atoms with Gasteiger partial charge in [-0.2, -0.15) is 13.9 Å². The van der Waals surface area contributed by atoms with E-state index in [9.17, 15) is 8.78 Å². The fourth-order valence-electron chi connectivity index (χ4n) is 0.553. The molecule has 1 aromatic heterocycles. The molecule has 0 atom stereocenters. The predicted octanol–water partition coefficient (Wildman–Crippen LogP) is 2.21. The van der Waals surface area contributed by atoms with Gasteiger partial charge in [0.1, 0.15) is 0 Å². The van der Waals surface area contributed by atoms with Gasteiger partial charge in [0, 0.05) is 16.2 Å². The van der Waals surface area contributed by atoms with Gasteiger partial charge in [-0.15, -0.1) is 0 Å². The molecule has 0 saturated heterocycles. The van der Waals surface area contributed by atoms with Crippen molar-refractivity contribution < 1.29 is 8.78 Å². The van der Waals surface area contributed by atoms with Crippen molar-refractivity contribution in [2.75, 3.05) is 0 Å². The van der Waals surface area contributed by atoms with Crippen LogP contribution in [0.5, 0.6) is 0 Å². The third-order valence-corrected chi connectivity index (χ3v) is 1.89. The lowest BCUT2D eigenvalue weighted by Crippen LogP contribution is -1.96. The van der Waals surface area contributed by atoms with Crippen molar-refractivity contribution in [3.05, 3.63) is 18.0 Å². The molecule has 2 nitrogen and oxygen atoms in total. The van der Waals surface area contributed by atoms with Crippen molar-refractivity contribution in [2.45, 2.75) is 11.0 Å². The third-order valence-electron chi connectivity index (χ3n) is 1.01. The molecule has 0 aliphatic carbocycles. The predicted molar refractivity (Wildman–Crippen MR) is 41.2 cm³/mol. The summed E-state index contributed by atoms with van der Waals surface area (Å²) in [6, 6.07) is 0. The van der Waals surface area contributed by atoms with Crippen LogP contribution in [0.25, 0.3) is 0 Å². The molecule has 5 heteroatoms. The number of hydrogen-bond donors (Lipinski definition) is 0. The number of aromatic nitrogens is 2. The molecule has 0 radical (unpaired) electrons. The molecule has 56 valence electrons. The van der Waals surface area contributed by atoms with E-state index in [1.54, 1.807) is 0 Å². The summed E-state index contributed by atoms with van der Waals surface area (Å²) in [5.74, 6) is 0. The molecule has 1 aromatic rings. The van der Waals surface area contributed by atoms with Gasteiger partial charge in [-0.05, 0) is 0 Å². The van der Waals surface area contributed by atoms with Crippen molar-refractivity contribution in [1.29, 1.82) is 0 Å². The quantitative estimate of drug-likeness (QED) is 0.587. The highest BCUT2D eigenvalue weighted by atomic mass is 127. The summed E-state index contributed by atoms with van der Waals surface area (Å²) in [7, 11) is 0. The molecular weight excluding hydrogens is 253 g/mol. The van der Waals surface area contributed by atoms with E-state index in [2.05, 4.69) is 27.7 Å². The van der Waals surface area contributed by atoms with Crippen molar-refractivity contribution in [1.82, 2.24) is 9.78 Å². The lowest BCUT2D eigenvalue weighted by atomic mass is 10.4. The van der Waals surface area contributed by atoms with E-state index in [1.807, 2.05) is 0 Å². The van der Waals surface area contributed by atoms with E-state index < -0.39 is 6.55 Å². The average Bonchev–Trinajstić information content (AvgIpc) is 2.34. The minimum Gasteiger partial charge on any atom is -0.211 e. The zero-order chi connectivity index (χ0) is 7.56. The van der Waals surface area contributed by atoms with Crippen molar-refractivity contribution in [2.24, 2.45) is 0 Å². The van der Waals surface area contributed by atoms with Crippen LogP contribution in [-0.4, -0.2) is 9.78 Å². The summed E-state index contributed by atoms with van der Waals surface area (Å²) in [6.07, 6.45) is 2.79. The Kier molecular flexibility index (Phi) is 2.58. The molecule has 0 saturated carbocycles. The Morgan fingerprint density at radius 3 is 2.70 bits per heavy atom. The molecule has 0 aromatic carbocycles. The molecular formula is C5H5F2IN2. The van der Waals surface area contributed by atoms with Crippen LogP contribution in [0.3, 0.4) is 0 Å². The summed E-state index contributed by atoms with van der Waals surface area (Å²) in [5.41, 5.74) is 0.820. The SMILES string of the molecule is FC(F)n1cc(CI)cn1. The average molecular weight is 258 g/mol. The second-order valence-electron chi connectivity index (χ2n) is 1.74. The van der Waals surface area contributed by atoms with Crippen molar-refractivity contribution in [3.8, 4) is 0 Å². The van der Waals surface area contributed by atoms with Crippen molar-refractivity contribution in [3.63, 3.8) is 0 Å². The van der Waals surface area contributed by atoms with Gasteiger partial charge >= 0.3 is 6.55 Å². The highest BCUT2D eigenvalue weighted by molar-refractivity contribution is 14.1. The van der Waals surface area contributed by atoms with Crippen LogP contribution in [0.4, 0.5) is 8.78 Å². The van der Waals surface area contributed by atoms with Gasteiger partial charge in [0.05, 0.1) is 6.20 Å². The monoisotopic (exact) mass is 258 g/mol. The second-order valence-corrected chi connectivity index (χ2v) is 2.50. The zero-order valence-electron chi connectivity index (χ0n) is 4.97. The maximum absolute atomic E-state index is 11.8. The molecule has 10 heavy (non-hydrogen) atoms. The van der Waals surface area contributed by atoms with E-state index in [1.165, 1.54) is 12.4 Å². The zero-order valence-corrected chi connectivity index (χ0v) is 7.12. The van der Waals surface area contributed by atoms with E-state index in [0.29, 0.717) is 9.11 Å². The minimum atomic E-state index is -2.52. The van der Waals surface area contributed by atoms with Gasteiger partial charge in [0.15, 0.2) is 0 Å². The highest BCUT2D eigenvalue weighted by Crippen LogP contribution is 2.11. The van der Waals surface area contributed by atoms with Gasteiger partial charge in [0.25, 0.3) is 0 Å². The first-order valence-corrected chi connectivity index (χ1v) is 4.13. The van der Waals surface area contributed by atoms with Crippen LogP contribution in [0.2, 0.25) is 0 Å². The number of rotatable bonds is 2. The van der Waals surface area contributed by atoms with Gasteiger partial charge in [0.2, 0.25) is 0 Å². The van der Waals surface area contributed by atoms with E-state index in [4.69, 9.17) is 0 Å². The second kappa shape index (κ2) is 3.27. The summed E-state index contributed by atoms with van der Waals surface area (Å²) < 4.78 is 25.0. The smallest absolute Gasteiger partial charge is 0.211 e. The number of hydrogen-bond acceptors (Lipinski definition) is 1. The molecule has 0 unspecified atom stereocenters. The topological polar surface area (TPSA) is 17.8 Å². The first-order chi connectivity index (χ1) is 4.74. The Morgan fingerprint density at radius 1 is 1.70 bits per heavy atom. The van der Waals surface area contributed by atoms with Gasteiger partial charge < -0.3 is 0 Å². The summed E-state index contributed by atoms with van der Waals surface area (Å²) in [6.45, 7) is -2.52. The first kappa shape index (κ1) is 7.90. The van der Waals surface area contributed by atoms with Crippen molar-refractivity contribution >= 4 is 22.6 Å². The molecule has 0 spiro atoms. The molecule has 0 bridgehead atoms. The van der Waals surface area contributed by atoms with Crippen LogP contribution in [0.1, 0.15) is 12.1 Å². The maximum Gasteiger partial charge on any atom is 0.333 e. The molecule has 1 rings (SSSR count). The molecule has 1 heterocycles. The van der Waals surface area contributed by atoms with E-state index in [0.717, 1.165) is 5.56 Å². The fraction of sp³-hybridized carbons (Fsp3) is 0.400. The van der Waals surface area contributed by atoms with Gasteiger partial charge in [-0.1, -0.05) is 22.6 Å². The van der Waals surface area contributed by atoms with Crippen LogP contribution < -0.4 is 0 Å². The Hall–Kier alpha value is -0.200. The van der Waals surface area contributed by atoms with E-state index in [-0.39, 0.29) is 0 Å². The number of alkyl halides is 3. The molecule has 0 N–H and O–H groups in total. The molecule has 0 aliphatic heterocycles. The molecule has 0 aliphatic rings. The Bertz CT molecular complexity index is 211. The fourth-order valence-corrected chi connectivity index (χ4v) is 0.947. The summed E-state index contributed by atoms with van der Waals surface area (Å²) in [4.78, 5) is 0. The van der Waals surface area contributed by atoms with Gasteiger partial charge in [-0.3, -0.25) is 0 Å². The van der Waals surface area contributed by atoms with Crippen LogP contribution in [0.15, 0.2) is 12.4 Å². The Morgan fingerprint density at radius 2 is 2.40 bits per heavy atom. The van der Waals surface area contributed by atoms with Crippen LogP contribution in [0, 0.1) is 0 Å². The lowest BCUT2D eigenvalue weighted by molar-refractivity contribution is 0.0565. The van der Waals surface area contributed by atoms with Crippen LogP contribution >= 0.6 is 22.6 Å². The third kappa shape index (κ3) is 1.65. The first-order valence-electron chi connectivity index (χ1n) is 2.61. The number of nitrogens with zero attached hydrogens (tertiary/aromatic N) is 2.